The second kappa shape index (κ2) is 6.00. The number of carbonyl (C=O) groups is 2. The van der Waals surface area contributed by atoms with E-state index in [2.05, 4.69) is 4.98 Å². The van der Waals surface area contributed by atoms with Gasteiger partial charge in [-0.05, 0) is 19.1 Å². The molecule has 86 valence electrons. The Hall–Kier alpha value is -1.71. The van der Waals surface area contributed by atoms with Crippen molar-refractivity contribution in [1.29, 1.82) is 0 Å². The van der Waals surface area contributed by atoms with Gasteiger partial charge in [0.2, 0.25) is 5.91 Å². The molecule has 16 heavy (non-hydrogen) atoms. The third kappa shape index (κ3) is 3.81. The maximum absolute atomic E-state index is 10.9. The molecule has 0 unspecified atom stereocenters. The van der Waals surface area contributed by atoms with Crippen LogP contribution in [0.15, 0.2) is 30.6 Å². The van der Waals surface area contributed by atoms with Crippen LogP contribution in [0.1, 0.15) is 13.3 Å². The van der Waals surface area contributed by atoms with Crippen molar-refractivity contribution in [1.82, 2.24) is 9.88 Å². The van der Waals surface area contributed by atoms with Gasteiger partial charge in [-0.3, -0.25) is 14.6 Å². The molecular weight excluding hydrogens is 204 g/mol. The smallest absolute Gasteiger partial charge is 0.223 e. The molecule has 0 aromatic carbocycles. The first-order chi connectivity index (χ1) is 7.61. The van der Waals surface area contributed by atoms with E-state index in [4.69, 9.17) is 0 Å². The second-order valence-corrected chi connectivity index (χ2v) is 3.81. The van der Waals surface area contributed by atoms with Crippen molar-refractivity contribution in [3.05, 3.63) is 30.6 Å². The number of ketones is 1. The molecule has 1 saturated heterocycles. The Morgan fingerprint density at radius 3 is 2.19 bits per heavy atom. The highest BCUT2D eigenvalue weighted by atomic mass is 16.2. The van der Waals surface area contributed by atoms with Crippen LogP contribution in [0.4, 0.5) is 0 Å². The molecule has 4 nitrogen and oxygen atoms in total. The third-order valence-electron chi connectivity index (χ3n) is 2.48. The Kier molecular flexibility index (Phi) is 4.64. The van der Waals surface area contributed by atoms with Crippen LogP contribution in [0.25, 0.3) is 0 Å². The Bertz CT molecular complexity index is 325. The molecule has 0 radical (unpaired) electrons. The largest absolute Gasteiger partial charge is 0.345 e. The van der Waals surface area contributed by atoms with Gasteiger partial charge in [0.25, 0.3) is 0 Å². The molecule has 1 amide bonds. The number of Topliss-reactive ketones (excluding diaryl/α,β-unsaturated/α-hetero) is 1. The Labute approximate surface area is 95.3 Å². The number of hydrogen-bond donors (Lipinski definition) is 0. The SMILES string of the molecule is CC(=O)[C@H]1CC(=O)N(C)C1.c1ccncc1. The molecule has 1 aromatic rings. The predicted octanol–water partition coefficient (Wildman–Crippen LogP) is 1.14. The van der Waals surface area contributed by atoms with Gasteiger partial charge in [-0.2, -0.15) is 0 Å². The second-order valence-electron chi connectivity index (χ2n) is 3.81. The van der Waals surface area contributed by atoms with Crippen molar-refractivity contribution in [2.75, 3.05) is 13.6 Å². The number of hydrogen-bond acceptors (Lipinski definition) is 3. The van der Waals surface area contributed by atoms with Crippen molar-refractivity contribution in [3.63, 3.8) is 0 Å². The molecule has 0 bridgehead atoms. The number of carbonyl (C=O) groups excluding carboxylic acids is 2. The van der Waals surface area contributed by atoms with Crippen LogP contribution in [-0.2, 0) is 9.59 Å². The van der Waals surface area contributed by atoms with Crippen LogP contribution in [0.2, 0.25) is 0 Å². The fraction of sp³-hybridized carbons (Fsp3) is 0.417. The predicted molar refractivity (Wildman–Crippen MR) is 60.7 cm³/mol. The lowest BCUT2D eigenvalue weighted by Gasteiger charge is -2.06. The highest BCUT2D eigenvalue weighted by molar-refractivity contribution is 5.88. The van der Waals surface area contributed by atoms with E-state index in [-0.39, 0.29) is 17.6 Å². The summed E-state index contributed by atoms with van der Waals surface area (Å²) in [5, 5.41) is 0. The van der Waals surface area contributed by atoms with Gasteiger partial charge in [0.1, 0.15) is 5.78 Å². The molecule has 1 aromatic heterocycles. The van der Waals surface area contributed by atoms with E-state index < -0.39 is 0 Å². The molecule has 0 spiro atoms. The molecule has 0 aliphatic carbocycles. The summed E-state index contributed by atoms with van der Waals surface area (Å²) in [6.45, 7) is 2.14. The quantitative estimate of drug-likeness (QED) is 0.713. The maximum Gasteiger partial charge on any atom is 0.223 e. The van der Waals surface area contributed by atoms with Crippen LogP contribution in [0, 0.1) is 5.92 Å². The summed E-state index contributed by atoms with van der Waals surface area (Å²) in [5.41, 5.74) is 0. The minimum atomic E-state index is -0.0440. The minimum Gasteiger partial charge on any atom is -0.345 e. The number of likely N-dealkylation sites (tertiary alicyclic amines) is 1. The average Bonchev–Trinajstić information content (AvgIpc) is 2.63. The molecule has 1 fully saturated rings. The molecule has 2 heterocycles. The van der Waals surface area contributed by atoms with Gasteiger partial charge >= 0.3 is 0 Å². The number of amides is 1. The Balaban J connectivity index is 0.000000181. The van der Waals surface area contributed by atoms with E-state index in [0.29, 0.717) is 13.0 Å². The Morgan fingerprint density at radius 2 is 2.00 bits per heavy atom. The van der Waals surface area contributed by atoms with Gasteiger partial charge in [0, 0.05) is 38.3 Å². The highest BCUT2D eigenvalue weighted by Crippen LogP contribution is 2.15. The summed E-state index contributed by atoms with van der Waals surface area (Å²) in [5.74, 6) is 0.162. The summed E-state index contributed by atoms with van der Waals surface area (Å²) in [6.07, 6.45) is 3.91. The number of nitrogens with zero attached hydrogens (tertiary/aromatic N) is 2. The van der Waals surface area contributed by atoms with Crippen molar-refractivity contribution < 1.29 is 9.59 Å². The molecular formula is C12H16N2O2. The number of pyridine rings is 1. The first-order valence-corrected chi connectivity index (χ1v) is 5.20. The lowest BCUT2D eigenvalue weighted by molar-refractivity contribution is -0.127. The van der Waals surface area contributed by atoms with Gasteiger partial charge in [-0.1, -0.05) is 6.07 Å². The van der Waals surface area contributed by atoms with E-state index in [1.165, 1.54) is 6.92 Å². The summed E-state index contributed by atoms with van der Waals surface area (Å²) in [4.78, 5) is 27.0. The minimum absolute atomic E-state index is 0.0440. The van der Waals surface area contributed by atoms with E-state index in [1.807, 2.05) is 18.2 Å². The monoisotopic (exact) mass is 220 g/mol. The van der Waals surface area contributed by atoms with Crippen LogP contribution >= 0.6 is 0 Å². The molecule has 0 saturated carbocycles. The molecule has 1 aliphatic heterocycles. The van der Waals surface area contributed by atoms with E-state index in [1.54, 1.807) is 24.3 Å². The lowest BCUT2D eigenvalue weighted by Crippen LogP contribution is -2.20. The molecule has 0 N–H and O–H groups in total. The van der Waals surface area contributed by atoms with Gasteiger partial charge in [-0.25, -0.2) is 0 Å². The first kappa shape index (κ1) is 12.4. The van der Waals surface area contributed by atoms with Crippen molar-refractivity contribution in [2.45, 2.75) is 13.3 Å². The molecule has 4 heteroatoms. The van der Waals surface area contributed by atoms with E-state index in [9.17, 15) is 9.59 Å². The fourth-order valence-corrected chi connectivity index (χ4v) is 1.45. The van der Waals surface area contributed by atoms with E-state index >= 15 is 0 Å². The maximum atomic E-state index is 10.9. The highest BCUT2D eigenvalue weighted by Gasteiger charge is 2.29. The topological polar surface area (TPSA) is 50.3 Å². The van der Waals surface area contributed by atoms with Crippen LogP contribution < -0.4 is 0 Å². The van der Waals surface area contributed by atoms with Crippen molar-refractivity contribution >= 4 is 11.7 Å². The lowest BCUT2D eigenvalue weighted by atomic mass is 10.1. The van der Waals surface area contributed by atoms with Gasteiger partial charge in [0.15, 0.2) is 0 Å². The number of rotatable bonds is 1. The summed E-state index contributed by atoms with van der Waals surface area (Å²) in [7, 11) is 1.73. The average molecular weight is 220 g/mol. The van der Waals surface area contributed by atoms with Crippen molar-refractivity contribution in [2.24, 2.45) is 5.92 Å². The van der Waals surface area contributed by atoms with Crippen LogP contribution in [0.3, 0.4) is 0 Å². The zero-order valence-electron chi connectivity index (χ0n) is 9.59. The summed E-state index contributed by atoms with van der Waals surface area (Å²) < 4.78 is 0. The zero-order chi connectivity index (χ0) is 12.0. The van der Waals surface area contributed by atoms with Gasteiger partial charge in [0.05, 0.1) is 0 Å². The third-order valence-corrected chi connectivity index (χ3v) is 2.48. The Morgan fingerprint density at radius 1 is 1.38 bits per heavy atom. The summed E-state index contributed by atoms with van der Waals surface area (Å²) in [6, 6.07) is 5.72. The standard InChI is InChI=1S/C7H11NO2.C5H5N/c1-5(9)6-3-7(10)8(2)4-6;1-2-4-6-5-3-1/h6H,3-4H2,1-2H3;1-5H/t6-;/m0./s1. The van der Waals surface area contributed by atoms with E-state index in [0.717, 1.165) is 0 Å². The molecule has 1 aliphatic rings. The van der Waals surface area contributed by atoms with Gasteiger partial charge < -0.3 is 4.90 Å². The fourth-order valence-electron chi connectivity index (χ4n) is 1.45. The normalized spacial score (nSPS) is 19.0. The molecule has 1 atom stereocenters. The summed E-state index contributed by atoms with van der Waals surface area (Å²) >= 11 is 0. The van der Waals surface area contributed by atoms with Crippen LogP contribution in [-0.4, -0.2) is 35.2 Å². The molecule has 2 rings (SSSR count). The van der Waals surface area contributed by atoms with Crippen molar-refractivity contribution in [3.8, 4) is 0 Å². The first-order valence-electron chi connectivity index (χ1n) is 5.20. The number of aromatic nitrogens is 1. The van der Waals surface area contributed by atoms with Gasteiger partial charge in [-0.15, -0.1) is 0 Å². The van der Waals surface area contributed by atoms with Crippen LogP contribution in [0.5, 0.6) is 0 Å². The zero-order valence-corrected chi connectivity index (χ0v) is 9.59.